The van der Waals surface area contributed by atoms with Gasteiger partial charge in [-0.25, -0.2) is 4.99 Å². The third kappa shape index (κ3) is 4.77. The number of aryl methyl sites for hydroxylation is 1. The number of rotatable bonds is 4. The fourth-order valence-corrected chi connectivity index (χ4v) is 3.38. The molecule has 8 nitrogen and oxygen atoms in total. The maximum absolute atomic E-state index is 6.11. The lowest BCUT2D eigenvalue weighted by molar-refractivity contribution is 0.0671. The molecule has 9 heteroatoms. The Morgan fingerprint density at radius 3 is 2.57 bits per heavy atom. The van der Waals surface area contributed by atoms with Crippen LogP contribution in [0.3, 0.4) is 0 Å². The molecule has 0 aromatic heterocycles. The molecule has 1 saturated heterocycles. The van der Waals surface area contributed by atoms with Crippen LogP contribution in [0.1, 0.15) is 5.56 Å². The lowest BCUT2D eigenvalue weighted by Gasteiger charge is -2.41. The number of methoxy groups -OCH3 is 1. The summed E-state index contributed by atoms with van der Waals surface area (Å²) in [6.07, 6.45) is -0.444. The molecule has 0 spiro atoms. The Balaban J connectivity index is 0.00000256. The van der Waals surface area contributed by atoms with E-state index in [0.29, 0.717) is 13.2 Å². The average molecular weight is 431 g/mol. The first kappa shape index (κ1) is 21.7. The number of benzene rings is 2. The van der Waals surface area contributed by atoms with Crippen molar-refractivity contribution in [3.05, 3.63) is 54.1 Å². The number of halogens is 1. The summed E-state index contributed by atoms with van der Waals surface area (Å²) in [6, 6.07) is 16.0. The Morgan fingerprint density at radius 2 is 1.87 bits per heavy atom. The molecule has 1 unspecified atom stereocenters. The highest BCUT2D eigenvalue weighted by Gasteiger charge is 2.32. The normalized spacial score (nSPS) is 18.8. The molecule has 2 aromatic carbocycles. The van der Waals surface area contributed by atoms with Crippen LogP contribution in [0.5, 0.6) is 5.75 Å². The maximum atomic E-state index is 6.11. The number of hydrogen-bond acceptors (Lipinski definition) is 8. The molecule has 0 saturated carbocycles. The van der Waals surface area contributed by atoms with E-state index < -0.39 is 6.29 Å². The number of guanidine groups is 2. The van der Waals surface area contributed by atoms with Crippen molar-refractivity contribution in [1.29, 1.82) is 0 Å². The zero-order chi connectivity index (χ0) is 20.2. The smallest absolute Gasteiger partial charge is 0.222 e. The number of aliphatic imine (C=N–C) groups is 2. The van der Waals surface area contributed by atoms with Crippen LogP contribution in [0, 0.1) is 6.92 Å². The molecule has 2 aliphatic heterocycles. The molecule has 0 radical (unpaired) electrons. The monoisotopic (exact) mass is 430 g/mol. The lowest BCUT2D eigenvalue weighted by atomic mass is 10.2. The largest absolute Gasteiger partial charge is 0.497 e. The predicted octanol–water partition coefficient (Wildman–Crippen LogP) is 2.64. The van der Waals surface area contributed by atoms with Crippen molar-refractivity contribution >= 4 is 35.7 Å². The van der Waals surface area contributed by atoms with Gasteiger partial charge in [0, 0.05) is 30.5 Å². The van der Waals surface area contributed by atoms with Crippen molar-refractivity contribution in [2.24, 2.45) is 15.7 Å². The number of nitrogens with one attached hydrogen (secondary N) is 1. The Kier molecular flexibility index (Phi) is 7.02. The van der Waals surface area contributed by atoms with Crippen LogP contribution in [0.15, 0.2) is 58.5 Å². The number of morpholine rings is 1. The van der Waals surface area contributed by atoms with Gasteiger partial charge in [0.15, 0.2) is 0 Å². The summed E-state index contributed by atoms with van der Waals surface area (Å²) in [6.45, 7) is 4.89. The van der Waals surface area contributed by atoms with Gasteiger partial charge in [-0.3, -0.25) is 4.90 Å². The highest BCUT2D eigenvalue weighted by molar-refractivity contribution is 6.06. The van der Waals surface area contributed by atoms with Crippen LogP contribution in [0.4, 0.5) is 11.4 Å². The third-order valence-electron chi connectivity index (χ3n) is 4.90. The van der Waals surface area contributed by atoms with Crippen molar-refractivity contribution < 1.29 is 9.47 Å². The summed E-state index contributed by atoms with van der Waals surface area (Å²) < 4.78 is 10.9. The van der Waals surface area contributed by atoms with E-state index in [2.05, 4.69) is 56.3 Å². The van der Waals surface area contributed by atoms with Gasteiger partial charge in [-0.2, -0.15) is 4.99 Å². The van der Waals surface area contributed by atoms with Gasteiger partial charge in [-0.15, -0.1) is 12.4 Å². The summed E-state index contributed by atoms with van der Waals surface area (Å²) in [5.41, 5.74) is 9.16. The summed E-state index contributed by atoms with van der Waals surface area (Å²) in [5, 5.41) is 3.46. The van der Waals surface area contributed by atoms with Gasteiger partial charge in [0.25, 0.3) is 0 Å². The second-order valence-corrected chi connectivity index (χ2v) is 6.95. The highest BCUT2D eigenvalue weighted by Crippen LogP contribution is 2.26. The first-order valence-corrected chi connectivity index (χ1v) is 9.65. The van der Waals surface area contributed by atoms with Crippen LogP contribution in [0.2, 0.25) is 0 Å². The van der Waals surface area contributed by atoms with Crippen molar-refractivity contribution in [3.63, 3.8) is 0 Å². The minimum Gasteiger partial charge on any atom is -0.497 e. The SMILES string of the molecule is COc1cccc(NC2N=C(N)N=C(N3CCOCC3)N2c2ccc(C)cc2)c1.Cl. The zero-order valence-electron chi connectivity index (χ0n) is 17.1. The maximum Gasteiger partial charge on any atom is 0.222 e. The predicted molar refractivity (Wildman–Crippen MR) is 123 cm³/mol. The number of nitrogens with zero attached hydrogens (tertiary/aromatic N) is 4. The second kappa shape index (κ2) is 9.69. The molecule has 30 heavy (non-hydrogen) atoms. The van der Waals surface area contributed by atoms with Crippen LogP contribution in [-0.2, 0) is 4.74 Å². The van der Waals surface area contributed by atoms with E-state index in [1.807, 2.05) is 24.3 Å². The minimum atomic E-state index is -0.444. The fraction of sp³-hybridized carbons (Fsp3) is 0.333. The van der Waals surface area contributed by atoms with Crippen molar-refractivity contribution in [2.45, 2.75) is 13.2 Å². The van der Waals surface area contributed by atoms with Gasteiger partial charge >= 0.3 is 0 Å². The molecule has 2 heterocycles. The molecule has 3 N–H and O–H groups in total. The molecule has 1 atom stereocenters. The lowest BCUT2D eigenvalue weighted by Crippen LogP contribution is -2.57. The van der Waals surface area contributed by atoms with Crippen molar-refractivity contribution in [3.8, 4) is 5.75 Å². The topological polar surface area (TPSA) is 87.7 Å². The number of hydrogen-bond donors (Lipinski definition) is 2. The summed E-state index contributed by atoms with van der Waals surface area (Å²) in [5.74, 6) is 1.78. The van der Waals surface area contributed by atoms with Gasteiger partial charge in [-0.05, 0) is 31.2 Å². The number of nitrogens with two attached hydrogens (primary N) is 1. The number of ether oxygens (including phenoxy) is 2. The Hall–Kier alpha value is -2.97. The van der Waals surface area contributed by atoms with E-state index in [0.717, 1.165) is 36.2 Å². The molecule has 0 amide bonds. The van der Waals surface area contributed by atoms with E-state index in [1.54, 1.807) is 7.11 Å². The Labute approximate surface area is 182 Å². The first-order chi connectivity index (χ1) is 14.1. The van der Waals surface area contributed by atoms with Gasteiger partial charge in [0.05, 0.1) is 20.3 Å². The molecule has 2 aliphatic rings. The summed E-state index contributed by atoms with van der Waals surface area (Å²) >= 11 is 0. The fourth-order valence-electron chi connectivity index (χ4n) is 3.38. The van der Waals surface area contributed by atoms with Gasteiger partial charge in [-0.1, -0.05) is 23.8 Å². The second-order valence-electron chi connectivity index (χ2n) is 6.95. The van der Waals surface area contributed by atoms with E-state index in [-0.39, 0.29) is 18.4 Å². The Morgan fingerprint density at radius 1 is 1.13 bits per heavy atom. The average Bonchev–Trinajstić information content (AvgIpc) is 2.75. The zero-order valence-corrected chi connectivity index (χ0v) is 17.9. The summed E-state index contributed by atoms with van der Waals surface area (Å²) in [4.78, 5) is 13.4. The quantitative estimate of drug-likeness (QED) is 0.775. The van der Waals surface area contributed by atoms with E-state index in [1.165, 1.54) is 5.56 Å². The molecule has 2 aromatic rings. The number of anilines is 2. The van der Waals surface area contributed by atoms with Crippen LogP contribution in [0.25, 0.3) is 0 Å². The molecular formula is C21H27ClN6O2. The molecule has 1 fully saturated rings. The van der Waals surface area contributed by atoms with Crippen LogP contribution in [-0.4, -0.2) is 56.5 Å². The van der Waals surface area contributed by atoms with E-state index in [4.69, 9.17) is 15.2 Å². The highest BCUT2D eigenvalue weighted by atomic mass is 35.5. The van der Waals surface area contributed by atoms with Crippen LogP contribution >= 0.6 is 12.4 Å². The first-order valence-electron chi connectivity index (χ1n) is 9.65. The molecule has 4 rings (SSSR count). The van der Waals surface area contributed by atoms with Crippen molar-refractivity contribution in [2.75, 3.05) is 43.6 Å². The van der Waals surface area contributed by atoms with E-state index in [9.17, 15) is 0 Å². The summed E-state index contributed by atoms with van der Waals surface area (Å²) in [7, 11) is 1.65. The molecule has 0 bridgehead atoms. The van der Waals surface area contributed by atoms with Gasteiger partial charge < -0.3 is 25.4 Å². The van der Waals surface area contributed by atoms with Gasteiger partial charge in [0.2, 0.25) is 18.2 Å². The van der Waals surface area contributed by atoms with Crippen molar-refractivity contribution in [1.82, 2.24) is 4.90 Å². The van der Waals surface area contributed by atoms with E-state index >= 15 is 0 Å². The minimum absolute atomic E-state index is 0. The molecule has 0 aliphatic carbocycles. The molecule has 160 valence electrons. The standard InChI is InChI=1S/C21H26N6O2.ClH/c1-15-6-8-17(9-7-15)27-20(23-16-4-3-5-18(14-16)28-2)24-19(22)25-21(27)26-10-12-29-13-11-26;/h3-9,14,20,23H,10-13H2,1-2H3,(H2,22,24);1H. The third-order valence-corrected chi connectivity index (χ3v) is 4.90. The van der Waals surface area contributed by atoms with Gasteiger partial charge in [0.1, 0.15) is 5.75 Å². The van der Waals surface area contributed by atoms with Crippen LogP contribution < -0.4 is 20.7 Å². The molecular weight excluding hydrogens is 404 g/mol. The Bertz CT molecular complexity index is 912.